The summed E-state index contributed by atoms with van der Waals surface area (Å²) in [4.78, 5) is 27.6. The van der Waals surface area contributed by atoms with Crippen molar-refractivity contribution in [1.29, 1.82) is 0 Å². The molecule has 33 heavy (non-hydrogen) atoms. The first kappa shape index (κ1) is 21.8. The van der Waals surface area contributed by atoms with Crippen molar-refractivity contribution in [2.24, 2.45) is 5.73 Å². The third-order valence-electron chi connectivity index (χ3n) is 5.39. The van der Waals surface area contributed by atoms with Gasteiger partial charge in [-0.15, -0.1) is 0 Å². The molecule has 0 bridgehead atoms. The monoisotopic (exact) mass is 447 g/mol. The quantitative estimate of drug-likeness (QED) is 0.438. The lowest BCUT2D eigenvalue weighted by atomic mass is 10.0. The van der Waals surface area contributed by atoms with Gasteiger partial charge in [0, 0.05) is 22.7 Å². The van der Waals surface area contributed by atoms with Crippen LogP contribution in [0.4, 0.5) is 8.78 Å². The smallest absolute Gasteiger partial charge is 0.353 e. The molecule has 0 spiro atoms. The normalized spacial score (nSPS) is 12.1. The van der Waals surface area contributed by atoms with E-state index < -0.39 is 23.2 Å². The Kier molecular flexibility index (Phi) is 5.66. The summed E-state index contributed by atoms with van der Waals surface area (Å²) in [6.45, 7) is 3.85. The highest BCUT2D eigenvalue weighted by Crippen LogP contribution is 2.32. The highest BCUT2D eigenvalue weighted by molar-refractivity contribution is 6.08. The number of aromatic carboxylic acids is 1. The standard InChI is InChI=1S/C25H19F2N3O3/c1-14-15(4-2-10-28)6-9-20-21(14)22(18-5-3-11-29-24(18)31)23(25(32)33)30(20)13-16-12-17(26)7-8-19(16)27/h2-12H,1,13,28H2,(H,29,31)(H,32,33)/b10-2-,15-4-. The zero-order chi connectivity index (χ0) is 23.7. The zero-order valence-corrected chi connectivity index (χ0v) is 17.3. The summed E-state index contributed by atoms with van der Waals surface area (Å²) >= 11 is 0. The second-order valence-corrected chi connectivity index (χ2v) is 7.34. The largest absolute Gasteiger partial charge is 0.477 e. The van der Waals surface area contributed by atoms with Crippen molar-refractivity contribution < 1.29 is 18.7 Å². The molecule has 0 aliphatic heterocycles. The van der Waals surface area contributed by atoms with Gasteiger partial charge in [-0.1, -0.05) is 18.7 Å². The van der Waals surface area contributed by atoms with Crippen LogP contribution in [0.5, 0.6) is 0 Å². The molecule has 0 atom stereocenters. The van der Waals surface area contributed by atoms with Crippen LogP contribution in [0.2, 0.25) is 0 Å². The third kappa shape index (κ3) is 3.82. The van der Waals surface area contributed by atoms with Gasteiger partial charge >= 0.3 is 5.97 Å². The fraction of sp³-hybridized carbons (Fsp3) is 0.0400. The molecule has 4 rings (SSSR count). The Morgan fingerprint density at radius 1 is 1.21 bits per heavy atom. The second-order valence-electron chi connectivity index (χ2n) is 7.34. The number of nitrogens with zero attached hydrogens (tertiary/aromatic N) is 1. The molecule has 4 N–H and O–H groups in total. The van der Waals surface area contributed by atoms with E-state index in [0.717, 1.165) is 18.2 Å². The number of carboxylic acids is 1. The number of fused-ring (bicyclic) bond motifs is 1. The molecule has 6 nitrogen and oxygen atoms in total. The van der Waals surface area contributed by atoms with Crippen molar-refractivity contribution in [3.63, 3.8) is 0 Å². The van der Waals surface area contributed by atoms with E-state index in [1.165, 1.54) is 23.0 Å². The Balaban J connectivity index is 2.18. The van der Waals surface area contributed by atoms with Crippen LogP contribution in [0.1, 0.15) is 16.1 Å². The van der Waals surface area contributed by atoms with Crippen molar-refractivity contribution in [3.8, 4) is 11.1 Å². The maximum Gasteiger partial charge on any atom is 0.353 e. The van der Waals surface area contributed by atoms with Crippen molar-refractivity contribution >= 4 is 29.5 Å². The maximum atomic E-state index is 14.4. The first-order valence-electron chi connectivity index (χ1n) is 9.91. The number of hydrogen-bond donors (Lipinski definition) is 3. The molecular weight excluding hydrogens is 428 g/mol. The number of pyridine rings is 1. The van der Waals surface area contributed by atoms with E-state index in [2.05, 4.69) is 11.6 Å². The number of hydrogen-bond acceptors (Lipinski definition) is 3. The number of nitrogens with two attached hydrogens (primary N) is 1. The molecule has 166 valence electrons. The Hall–Kier alpha value is -4.46. The first-order valence-corrected chi connectivity index (χ1v) is 9.91. The Morgan fingerprint density at radius 3 is 2.70 bits per heavy atom. The summed E-state index contributed by atoms with van der Waals surface area (Å²) in [5.74, 6) is -2.66. The number of halogens is 2. The molecule has 2 aromatic carbocycles. The van der Waals surface area contributed by atoms with Gasteiger partial charge in [0.2, 0.25) is 0 Å². The van der Waals surface area contributed by atoms with Crippen LogP contribution in [-0.2, 0) is 6.54 Å². The lowest BCUT2D eigenvalue weighted by Crippen LogP contribution is -2.23. The number of aromatic nitrogens is 2. The van der Waals surface area contributed by atoms with E-state index in [0.29, 0.717) is 21.3 Å². The number of allylic oxidation sites excluding steroid dienone is 1. The fourth-order valence-corrected chi connectivity index (χ4v) is 3.95. The zero-order valence-electron chi connectivity index (χ0n) is 17.3. The molecule has 8 heteroatoms. The van der Waals surface area contributed by atoms with E-state index in [-0.39, 0.29) is 28.9 Å². The van der Waals surface area contributed by atoms with Gasteiger partial charge in [0.05, 0.1) is 17.6 Å². The Bertz CT molecular complexity index is 1600. The summed E-state index contributed by atoms with van der Waals surface area (Å²) in [5.41, 5.74) is 5.35. The van der Waals surface area contributed by atoms with E-state index in [1.807, 2.05) is 0 Å². The van der Waals surface area contributed by atoms with Gasteiger partial charge in [-0.05, 0) is 59.1 Å². The molecule has 0 fully saturated rings. The molecule has 2 aromatic heterocycles. The number of benzene rings is 2. The lowest BCUT2D eigenvalue weighted by Gasteiger charge is -2.10. The topological polar surface area (TPSA) is 101 Å². The molecule has 0 saturated heterocycles. The van der Waals surface area contributed by atoms with Crippen LogP contribution in [0.3, 0.4) is 0 Å². The summed E-state index contributed by atoms with van der Waals surface area (Å²) in [7, 11) is 0. The minimum Gasteiger partial charge on any atom is -0.477 e. The van der Waals surface area contributed by atoms with Gasteiger partial charge in [0.15, 0.2) is 0 Å². The fourth-order valence-electron chi connectivity index (χ4n) is 3.95. The molecule has 2 heterocycles. The van der Waals surface area contributed by atoms with E-state index in [4.69, 9.17) is 5.73 Å². The highest BCUT2D eigenvalue weighted by atomic mass is 19.1. The second kappa shape index (κ2) is 8.58. The Labute approximate surface area is 186 Å². The summed E-state index contributed by atoms with van der Waals surface area (Å²) in [5, 5.41) is 11.7. The van der Waals surface area contributed by atoms with Crippen molar-refractivity contribution in [3.05, 3.63) is 105 Å². The predicted molar refractivity (Wildman–Crippen MR) is 123 cm³/mol. The van der Waals surface area contributed by atoms with Crippen molar-refractivity contribution in [2.75, 3.05) is 0 Å². The molecule has 4 aromatic rings. The van der Waals surface area contributed by atoms with E-state index >= 15 is 0 Å². The van der Waals surface area contributed by atoms with Gasteiger partial charge in [-0.25, -0.2) is 13.6 Å². The summed E-state index contributed by atoms with van der Waals surface area (Å²) < 4.78 is 29.6. The van der Waals surface area contributed by atoms with Crippen LogP contribution >= 0.6 is 0 Å². The van der Waals surface area contributed by atoms with Gasteiger partial charge in [-0.2, -0.15) is 0 Å². The van der Waals surface area contributed by atoms with Crippen molar-refractivity contribution in [2.45, 2.75) is 6.54 Å². The summed E-state index contributed by atoms with van der Waals surface area (Å²) in [6.07, 6.45) is 6.07. The number of H-pyrrole nitrogens is 1. The molecule has 0 saturated carbocycles. The SMILES string of the molecule is C=c1/c(=C\C=C/N)ccc2c1c(-c1ccc[nH]c1=O)c(C(=O)O)n2Cc1cc(F)ccc1F. The Morgan fingerprint density at radius 2 is 2.00 bits per heavy atom. The third-order valence-corrected chi connectivity index (χ3v) is 5.39. The molecule has 0 aliphatic carbocycles. The minimum atomic E-state index is -1.33. The summed E-state index contributed by atoms with van der Waals surface area (Å²) in [6, 6.07) is 9.44. The lowest BCUT2D eigenvalue weighted by molar-refractivity contribution is 0.0687. The van der Waals surface area contributed by atoms with Crippen LogP contribution < -0.4 is 21.7 Å². The van der Waals surface area contributed by atoms with Gasteiger partial charge in [0.25, 0.3) is 5.56 Å². The predicted octanol–water partition coefficient (Wildman–Crippen LogP) is 2.68. The number of nitrogens with one attached hydrogen (secondary N) is 1. The number of aromatic amines is 1. The highest BCUT2D eigenvalue weighted by Gasteiger charge is 2.26. The van der Waals surface area contributed by atoms with Gasteiger partial charge in [-0.3, -0.25) is 4.79 Å². The first-order chi connectivity index (χ1) is 15.8. The van der Waals surface area contributed by atoms with Crippen LogP contribution in [0.15, 0.2) is 65.7 Å². The minimum absolute atomic E-state index is 0.0322. The van der Waals surface area contributed by atoms with E-state index in [1.54, 1.807) is 30.4 Å². The maximum absolute atomic E-state index is 14.4. The molecule has 0 amide bonds. The molecule has 0 aliphatic rings. The molecule has 0 unspecified atom stereocenters. The van der Waals surface area contributed by atoms with Crippen LogP contribution in [-0.4, -0.2) is 20.6 Å². The van der Waals surface area contributed by atoms with Crippen molar-refractivity contribution in [1.82, 2.24) is 9.55 Å². The van der Waals surface area contributed by atoms with Crippen LogP contribution in [0.25, 0.3) is 34.7 Å². The number of carbonyl (C=O) groups is 1. The van der Waals surface area contributed by atoms with Gasteiger partial charge in [0.1, 0.15) is 17.3 Å². The van der Waals surface area contributed by atoms with E-state index in [9.17, 15) is 23.5 Å². The molecular formula is C25H19F2N3O3. The average molecular weight is 447 g/mol. The van der Waals surface area contributed by atoms with Crippen LogP contribution in [0, 0.1) is 11.6 Å². The number of rotatable bonds is 5. The average Bonchev–Trinajstić information content (AvgIpc) is 3.11. The molecule has 0 radical (unpaired) electrons. The van der Waals surface area contributed by atoms with Gasteiger partial charge < -0.3 is 20.4 Å². The number of carboxylic acid groups (broad SMARTS) is 1.